The van der Waals surface area contributed by atoms with Gasteiger partial charge < -0.3 is 0 Å². The van der Waals surface area contributed by atoms with E-state index in [1.54, 1.807) is 0 Å². The molecule has 0 radical (unpaired) electrons. The van der Waals surface area contributed by atoms with Crippen molar-refractivity contribution < 1.29 is 17.5 Å². The quantitative estimate of drug-likeness (QED) is 0.289. The van der Waals surface area contributed by atoms with Crippen LogP contribution >= 0.6 is 11.6 Å². The molecule has 0 spiro atoms. The van der Waals surface area contributed by atoms with Crippen molar-refractivity contribution in [2.75, 3.05) is 6.38 Å². The minimum Gasteiger partial charge on any atom is -0.264 e. The molecular weight excluding hydrogens is 168 g/mol. The molecular formula is CH7ClMgO4S. The van der Waals surface area contributed by atoms with E-state index in [-0.39, 0.29) is 23.1 Å². The van der Waals surface area contributed by atoms with E-state index in [0.29, 0.717) is 0 Å². The third-order valence-electron chi connectivity index (χ3n) is 0. The van der Waals surface area contributed by atoms with E-state index >= 15 is 0 Å². The molecule has 4 nitrogen and oxygen atoms in total. The summed E-state index contributed by atoms with van der Waals surface area (Å²) in [4.78, 5) is 0. The molecule has 8 heavy (non-hydrogen) atoms. The normalized spacial score (nSPS) is 8.00. The van der Waals surface area contributed by atoms with E-state index in [0.717, 1.165) is 0 Å². The van der Waals surface area contributed by atoms with Crippen LogP contribution in [0, 0.1) is 0 Å². The Morgan fingerprint density at radius 1 is 1.25 bits per heavy atom. The SMILES string of the molecule is CCl.O=S(=O)(O)O.[MgH2]. The molecule has 0 atom stereocenters. The number of rotatable bonds is 0. The molecule has 2 N–H and O–H groups in total. The molecule has 0 aliphatic rings. The van der Waals surface area contributed by atoms with Crippen LogP contribution in [-0.2, 0) is 10.4 Å². The van der Waals surface area contributed by atoms with E-state index in [1.165, 1.54) is 6.38 Å². The molecule has 0 rings (SSSR count). The van der Waals surface area contributed by atoms with Crippen LogP contribution in [0.3, 0.4) is 0 Å². The first-order chi connectivity index (χ1) is 3.00. The van der Waals surface area contributed by atoms with E-state index in [9.17, 15) is 0 Å². The lowest BCUT2D eigenvalue weighted by atomic mass is 12.0. The van der Waals surface area contributed by atoms with Crippen LogP contribution < -0.4 is 0 Å². The molecule has 0 aromatic rings. The van der Waals surface area contributed by atoms with Crippen LogP contribution in [0.25, 0.3) is 0 Å². The summed E-state index contributed by atoms with van der Waals surface area (Å²) in [6.45, 7) is 0. The average Bonchev–Trinajstić information content (AvgIpc) is 1.36. The highest BCUT2D eigenvalue weighted by Gasteiger charge is 1.84. The van der Waals surface area contributed by atoms with Gasteiger partial charge in [0.2, 0.25) is 0 Å². The summed E-state index contributed by atoms with van der Waals surface area (Å²) in [5.41, 5.74) is 0. The lowest BCUT2D eigenvalue weighted by Gasteiger charge is -1.68. The van der Waals surface area contributed by atoms with Crippen molar-refractivity contribution in [3.63, 3.8) is 0 Å². The zero-order valence-corrected chi connectivity index (χ0v) is 5.07. The van der Waals surface area contributed by atoms with E-state index < -0.39 is 10.4 Å². The summed E-state index contributed by atoms with van der Waals surface area (Å²) in [6, 6.07) is 0. The molecule has 0 unspecified atom stereocenters. The highest BCUT2D eigenvalue weighted by molar-refractivity contribution is 7.79. The van der Waals surface area contributed by atoms with Gasteiger partial charge in [-0.25, -0.2) is 0 Å². The minimum atomic E-state index is -4.67. The van der Waals surface area contributed by atoms with Crippen molar-refractivity contribution in [2.24, 2.45) is 0 Å². The first-order valence-electron chi connectivity index (χ1n) is 1.08. The topological polar surface area (TPSA) is 74.6 Å². The number of hydrogen-bond donors (Lipinski definition) is 2. The highest BCUT2D eigenvalue weighted by Crippen LogP contribution is 1.59. The molecule has 0 aliphatic carbocycles. The molecule has 7 heteroatoms. The van der Waals surface area contributed by atoms with Crippen LogP contribution in [0.2, 0.25) is 0 Å². The molecule has 0 aromatic heterocycles. The third-order valence-corrected chi connectivity index (χ3v) is 0. The number of hydrogen-bond acceptors (Lipinski definition) is 2. The van der Waals surface area contributed by atoms with E-state index in [1.807, 2.05) is 0 Å². The maximum atomic E-state index is 8.74. The van der Waals surface area contributed by atoms with Gasteiger partial charge in [-0.15, -0.1) is 11.6 Å². The Balaban J connectivity index is -0.0000000750. The fourth-order valence-corrected chi connectivity index (χ4v) is 0. The monoisotopic (exact) mass is 174 g/mol. The van der Waals surface area contributed by atoms with Crippen LogP contribution in [0.15, 0.2) is 0 Å². The maximum Gasteiger partial charge on any atom is 0.394 e. The molecule has 50 valence electrons. The average molecular weight is 175 g/mol. The van der Waals surface area contributed by atoms with Crippen molar-refractivity contribution >= 4 is 45.1 Å². The van der Waals surface area contributed by atoms with Crippen molar-refractivity contribution in [2.45, 2.75) is 0 Å². The first kappa shape index (κ1) is 16.0. The van der Waals surface area contributed by atoms with Gasteiger partial charge in [0.1, 0.15) is 0 Å². The Morgan fingerprint density at radius 3 is 1.25 bits per heavy atom. The van der Waals surface area contributed by atoms with Gasteiger partial charge in [0, 0.05) is 6.38 Å². The first-order valence-corrected chi connectivity index (χ1v) is 3.23. The van der Waals surface area contributed by atoms with Crippen LogP contribution in [0.4, 0.5) is 0 Å². The summed E-state index contributed by atoms with van der Waals surface area (Å²) in [6.07, 6.45) is 1.47. The molecule has 0 aliphatic heterocycles. The van der Waals surface area contributed by atoms with Gasteiger partial charge >= 0.3 is 33.5 Å². The zero-order valence-electron chi connectivity index (χ0n) is 3.50. The van der Waals surface area contributed by atoms with Gasteiger partial charge in [0.25, 0.3) is 0 Å². The standard InChI is InChI=1S/CH3Cl.Mg.H2O4S.2H/c1-2;;1-5(2,3)4;;/h1H3;;(H2,1,2,3,4);;. The Morgan fingerprint density at radius 2 is 1.25 bits per heavy atom. The smallest absolute Gasteiger partial charge is 0.264 e. The van der Waals surface area contributed by atoms with Gasteiger partial charge in [-0.1, -0.05) is 0 Å². The second-order valence-electron chi connectivity index (χ2n) is 0.448. The largest absolute Gasteiger partial charge is 0.394 e. The van der Waals surface area contributed by atoms with E-state index in [4.69, 9.17) is 17.5 Å². The second-order valence-corrected chi connectivity index (χ2v) is 1.34. The third kappa shape index (κ3) is 284. The predicted molar refractivity (Wildman–Crippen MR) is 34.5 cm³/mol. The molecule has 0 aromatic carbocycles. The summed E-state index contributed by atoms with van der Waals surface area (Å²) >= 11 is 4.64. The summed E-state index contributed by atoms with van der Waals surface area (Å²) in [5.74, 6) is 0. The van der Waals surface area contributed by atoms with Crippen LogP contribution in [-0.4, -0.2) is 47.0 Å². The van der Waals surface area contributed by atoms with Gasteiger partial charge in [-0.05, 0) is 0 Å². The highest BCUT2D eigenvalue weighted by atomic mass is 35.5. The molecule has 0 bridgehead atoms. The Bertz CT molecular complexity index is 99.2. The summed E-state index contributed by atoms with van der Waals surface area (Å²) in [5, 5.41) is 0. The minimum absolute atomic E-state index is 0. The van der Waals surface area contributed by atoms with Crippen molar-refractivity contribution in [1.29, 1.82) is 0 Å². The molecule has 0 saturated carbocycles. The lowest BCUT2D eigenvalue weighted by molar-refractivity contribution is 0.381. The van der Waals surface area contributed by atoms with Crippen LogP contribution in [0.1, 0.15) is 0 Å². The van der Waals surface area contributed by atoms with Crippen LogP contribution in [0.5, 0.6) is 0 Å². The van der Waals surface area contributed by atoms with Gasteiger partial charge in [0.15, 0.2) is 0 Å². The molecule has 0 heterocycles. The lowest BCUT2D eigenvalue weighted by Crippen LogP contribution is -1.89. The Labute approximate surface area is 69.0 Å². The van der Waals surface area contributed by atoms with Crippen molar-refractivity contribution in [1.82, 2.24) is 0 Å². The summed E-state index contributed by atoms with van der Waals surface area (Å²) in [7, 11) is -4.67. The summed E-state index contributed by atoms with van der Waals surface area (Å²) < 4.78 is 31.6. The van der Waals surface area contributed by atoms with Crippen molar-refractivity contribution in [3.05, 3.63) is 0 Å². The number of alkyl halides is 1. The van der Waals surface area contributed by atoms with Gasteiger partial charge in [-0.2, -0.15) is 8.42 Å². The fourth-order valence-electron chi connectivity index (χ4n) is 0. The molecule has 0 saturated heterocycles. The Hall–Kier alpha value is 0.926. The predicted octanol–water partition coefficient (Wildman–Crippen LogP) is -0.714. The molecule has 0 amide bonds. The van der Waals surface area contributed by atoms with Crippen molar-refractivity contribution in [3.8, 4) is 0 Å². The number of halogens is 1. The van der Waals surface area contributed by atoms with E-state index in [2.05, 4.69) is 11.6 Å². The maximum absolute atomic E-state index is 8.74. The Kier molecular flexibility index (Phi) is 15.8. The zero-order chi connectivity index (χ0) is 6.50. The second kappa shape index (κ2) is 7.93. The van der Waals surface area contributed by atoms with Gasteiger partial charge in [-0.3, -0.25) is 9.11 Å². The molecule has 0 fully saturated rings. The fraction of sp³-hybridized carbons (Fsp3) is 1.00. The van der Waals surface area contributed by atoms with Gasteiger partial charge in [0.05, 0.1) is 0 Å².